The van der Waals surface area contributed by atoms with Gasteiger partial charge in [0.25, 0.3) is 0 Å². The van der Waals surface area contributed by atoms with Crippen LogP contribution in [0.5, 0.6) is 11.5 Å². The molecule has 0 N–H and O–H groups in total. The lowest BCUT2D eigenvalue weighted by Crippen LogP contribution is -2.38. The third-order valence-corrected chi connectivity index (χ3v) is 6.87. The normalized spacial score (nSPS) is 20.9. The van der Waals surface area contributed by atoms with E-state index in [0.29, 0.717) is 24.1 Å². The van der Waals surface area contributed by atoms with Gasteiger partial charge in [0.05, 0.1) is 18.4 Å². The number of hydrogen-bond donors (Lipinski definition) is 0. The second-order valence-corrected chi connectivity index (χ2v) is 9.42. The Hall–Kier alpha value is -2.51. The van der Waals surface area contributed by atoms with Gasteiger partial charge in [-0.3, -0.25) is 0 Å². The lowest BCUT2D eigenvalue weighted by atomic mass is 10.1. The molecule has 2 atom stereocenters. The Morgan fingerprint density at radius 1 is 0.971 bits per heavy atom. The molecule has 2 aromatic rings. The highest BCUT2D eigenvalue weighted by Crippen LogP contribution is 2.31. The number of halogens is 1. The van der Waals surface area contributed by atoms with Crippen molar-refractivity contribution in [3.8, 4) is 11.5 Å². The summed E-state index contributed by atoms with van der Waals surface area (Å²) in [5, 5.41) is 0. The van der Waals surface area contributed by atoms with Crippen molar-refractivity contribution in [1.29, 1.82) is 0 Å². The molecular formula is C28H39FN2O4. The number of methoxy groups -OCH3 is 1. The maximum atomic E-state index is 14.4. The third kappa shape index (κ3) is 6.79. The van der Waals surface area contributed by atoms with Crippen molar-refractivity contribution in [3.05, 3.63) is 48.3 Å². The molecule has 0 unspecified atom stereocenters. The first kappa shape index (κ1) is 25.6. The molecule has 0 aliphatic carbocycles. The van der Waals surface area contributed by atoms with Crippen LogP contribution in [0.15, 0.2) is 42.5 Å². The second-order valence-electron chi connectivity index (χ2n) is 9.42. The van der Waals surface area contributed by atoms with Crippen LogP contribution in [-0.4, -0.2) is 64.8 Å². The van der Waals surface area contributed by atoms with Crippen LogP contribution in [-0.2, 0) is 9.47 Å². The summed E-state index contributed by atoms with van der Waals surface area (Å²) in [6.07, 6.45) is 4.07. The Labute approximate surface area is 208 Å². The van der Waals surface area contributed by atoms with Gasteiger partial charge in [0.15, 0.2) is 0 Å². The summed E-state index contributed by atoms with van der Waals surface area (Å²) in [6, 6.07) is 13.8. The third-order valence-electron chi connectivity index (χ3n) is 6.87. The number of ether oxygens (including phenoxy) is 4. The topological polar surface area (TPSA) is 43.4 Å². The van der Waals surface area contributed by atoms with Crippen molar-refractivity contribution in [2.75, 3.05) is 56.4 Å². The fourth-order valence-corrected chi connectivity index (χ4v) is 5.03. The molecule has 2 heterocycles. The first-order valence-electron chi connectivity index (χ1n) is 12.9. The number of nitrogens with zero attached hydrogens (tertiary/aromatic N) is 2. The standard InChI is InChI=1S/C28H39FN2O4/c1-4-33-25-10-11-27(29)28(19-25)30-14-12-24(13-15-30)35-23-8-6-22(7-9-23)31-20-26(18-21(31)2)34-17-5-16-32-3/h6-11,19,21,24,26H,4-5,12-18,20H2,1-3H3/t21-,26+/m0/s1. The van der Waals surface area contributed by atoms with Gasteiger partial charge in [0.2, 0.25) is 0 Å². The fraction of sp³-hybridized carbons (Fsp3) is 0.571. The van der Waals surface area contributed by atoms with E-state index in [9.17, 15) is 4.39 Å². The predicted octanol–water partition coefficient (Wildman–Crippen LogP) is 5.29. The Bertz CT molecular complexity index is 918. The average molecular weight is 487 g/mol. The van der Waals surface area contributed by atoms with Crippen LogP contribution in [0.1, 0.15) is 39.5 Å². The SMILES string of the molecule is CCOc1ccc(F)c(N2CCC(Oc3ccc(N4C[C@H](OCCCOC)C[C@@H]4C)cc3)CC2)c1. The van der Waals surface area contributed by atoms with Crippen LogP contribution in [0.25, 0.3) is 0 Å². The van der Waals surface area contributed by atoms with E-state index in [0.717, 1.165) is 64.3 Å². The molecule has 2 fully saturated rings. The predicted molar refractivity (Wildman–Crippen MR) is 138 cm³/mol. The van der Waals surface area contributed by atoms with E-state index in [-0.39, 0.29) is 18.0 Å². The fourth-order valence-electron chi connectivity index (χ4n) is 5.03. The molecule has 0 saturated carbocycles. The van der Waals surface area contributed by atoms with E-state index in [1.54, 1.807) is 19.2 Å². The smallest absolute Gasteiger partial charge is 0.146 e. The summed E-state index contributed by atoms with van der Waals surface area (Å²) in [6.45, 7) is 8.66. The number of piperidine rings is 1. The first-order valence-corrected chi connectivity index (χ1v) is 12.9. The summed E-state index contributed by atoms with van der Waals surface area (Å²) in [5.74, 6) is 1.39. The lowest BCUT2D eigenvalue weighted by molar-refractivity contribution is 0.0509. The minimum atomic E-state index is -0.206. The van der Waals surface area contributed by atoms with Gasteiger partial charge in [-0.1, -0.05) is 0 Å². The molecular weight excluding hydrogens is 447 g/mol. The van der Waals surface area contributed by atoms with Crippen LogP contribution in [0.2, 0.25) is 0 Å². The van der Waals surface area contributed by atoms with E-state index in [2.05, 4.69) is 41.0 Å². The molecule has 2 aliphatic rings. The van der Waals surface area contributed by atoms with E-state index in [4.69, 9.17) is 18.9 Å². The van der Waals surface area contributed by atoms with Crippen molar-refractivity contribution in [2.24, 2.45) is 0 Å². The van der Waals surface area contributed by atoms with Gasteiger partial charge >= 0.3 is 0 Å². The molecule has 4 rings (SSSR count). The minimum Gasteiger partial charge on any atom is -0.494 e. The van der Waals surface area contributed by atoms with Crippen molar-refractivity contribution in [2.45, 2.75) is 57.8 Å². The molecule has 0 spiro atoms. The highest BCUT2D eigenvalue weighted by atomic mass is 19.1. The van der Waals surface area contributed by atoms with Gasteiger partial charge in [0, 0.05) is 70.6 Å². The monoisotopic (exact) mass is 486 g/mol. The Morgan fingerprint density at radius 3 is 2.43 bits per heavy atom. The van der Waals surface area contributed by atoms with Crippen molar-refractivity contribution >= 4 is 11.4 Å². The van der Waals surface area contributed by atoms with E-state index >= 15 is 0 Å². The van der Waals surface area contributed by atoms with Gasteiger partial charge < -0.3 is 28.7 Å². The maximum Gasteiger partial charge on any atom is 0.146 e. The molecule has 35 heavy (non-hydrogen) atoms. The van der Waals surface area contributed by atoms with E-state index < -0.39 is 0 Å². The molecule has 7 heteroatoms. The van der Waals surface area contributed by atoms with Crippen LogP contribution in [0.4, 0.5) is 15.8 Å². The van der Waals surface area contributed by atoms with Gasteiger partial charge in [-0.2, -0.15) is 0 Å². The summed E-state index contributed by atoms with van der Waals surface area (Å²) in [5.41, 5.74) is 1.81. The van der Waals surface area contributed by atoms with Gasteiger partial charge in [0.1, 0.15) is 23.4 Å². The van der Waals surface area contributed by atoms with Crippen molar-refractivity contribution in [3.63, 3.8) is 0 Å². The molecule has 192 valence electrons. The van der Waals surface area contributed by atoms with Crippen LogP contribution < -0.4 is 19.3 Å². The van der Waals surface area contributed by atoms with Crippen molar-refractivity contribution < 1.29 is 23.3 Å². The summed E-state index contributed by atoms with van der Waals surface area (Å²) in [4.78, 5) is 4.50. The first-order chi connectivity index (χ1) is 17.1. The summed E-state index contributed by atoms with van der Waals surface area (Å²) >= 11 is 0. The number of rotatable bonds is 11. The quantitative estimate of drug-likeness (QED) is 0.402. The second kappa shape index (κ2) is 12.5. The average Bonchev–Trinajstić information content (AvgIpc) is 3.24. The zero-order valence-electron chi connectivity index (χ0n) is 21.2. The Balaban J connectivity index is 1.26. The van der Waals surface area contributed by atoms with Crippen molar-refractivity contribution in [1.82, 2.24) is 0 Å². The molecule has 0 amide bonds. The summed E-state index contributed by atoms with van der Waals surface area (Å²) < 4.78 is 37.4. The molecule has 2 saturated heterocycles. The maximum absolute atomic E-state index is 14.4. The van der Waals surface area contributed by atoms with Crippen LogP contribution >= 0.6 is 0 Å². The number of benzene rings is 2. The molecule has 0 aromatic heterocycles. The van der Waals surface area contributed by atoms with Crippen LogP contribution in [0.3, 0.4) is 0 Å². The largest absolute Gasteiger partial charge is 0.494 e. The zero-order chi connectivity index (χ0) is 24.6. The molecule has 2 aromatic carbocycles. The lowest BCUT2D eigenvalue weighted by Gasteiger charge is -2.34. The van der Waals surface area contributed by atoms with Gasteiger partial charge in [-0.05, 0) is 63.1 Å². The molecule has 6 nitrogen and oxygen atoms in total. The highest BCUT2D eigenvalue weighted by Gasteiger charge is 2.30. The summed E-state index contributed by atoms with van der Waals surface area (Å²) in [7, 11) is 1.72. The minimum absolute atomic E-state index is 0.130. The highest BCUT2D eigenvalue weighted by molar-refractivity contribution is 5.53. The molecule has 2 aliphatic heterocycles. The van der Waals surface area contributed by atoms with Gasteiger partial charge in [-0.15, -0.1) is 0 Å². The molecule has 0 bridgehead atoms. The van der Waals surface area contributed by atoms with Gasteiger partial charge in [-0.25, -0.2) is 4.39 Å². The Morgan fingerprint density at radius 2 is 1.71 bits per heavy atom. The molecule has 0 radical (unpaired) electrons. The number of anilines is 2. The zero-order valence-corrected chi connectivity index (χ0v) is 21.2. The van der Waals surface area contributed by atoms with E-state index in [1.165, 1.54) is 11.8 Å². The van der Waals surface area contributed by atoms with E-state index in [1.807, 2.05) is 6.92 Å². The number of hydrogen-bond acceptors (Lipinski definition) is 6. The van der Waals surface area contributed by atoms with Crippen LogP contribution in [0, 0.1) is 5.82 Å². The Kier molecular flexibility index (Phi) is 9.10.